The second-order valence-electron chi connectivity index (χ2n) is 7.39. The predicted octanol–water partition coefficient (Wildman–Crippen LogP) is 1.49. The van der Waals surface area contributed by atoms with Crippen LogP contribution < -0.4 is 4.57 Å². The van der Waals surface area contributed by atoms with Crippen LogP contribution in [0.1, 0.15) is 41.6 Å². The van der Waals surface area contributed by atoms with E-state index in [9.17, 15) is 19.6 Å². The van der Waals surface area contributed by atoms with Crippen LogP contribution in [0.5, 0.6) is 0 Å². The fourth-order valence-corrected chi connectivity index (χ4v) is 4.90. The highest BCUT2D eigenvalue weighted by Crippen LogP contribution is 2.57. The molecule has 2 aromatic rings. The number of rotatable bonds is 6. The molecule has 0 radical (unpaired) electrons. The van der Waals surface area contributed by atoms with Gasteiger partial charge >= 0.3 is 7.82 Å². The first-order chi connectivity index (χ1) is 14.9. The monoisotopic (exact) mass is 451 g/mol. The van der Waals surface area contributed by atoms with E-state index in [2.05, 4.69) is 4.98 Å². The number of carbonyl (C=O) groups excluding carboxylic acids is 1. The van der Waals surface area contributed by atoms with Gasteiger partial charge in [-0.3, -0.25) is 23.3 Å². The van der Waals surface area contributed by atoms with E-state index < -0.39 is 38.5 Å². The van der Waals surface area contributed by atoms with Gasteiger partial charge in [-0.05, 0) is 24.6 Å². The molecule has 11 heteroatoms. The first kappa shape index (κ1) is 22.2. The summed E-state index contributed by atoms with van der Waals surface area (Å²) in [5.74, 6) is -0.143. The number of pyridine rings is 2. The molecule has 0 saturated carbocycles. The molecule has 0 aromatic carbocycles. The Balaban J connectivity index is 1.41. The fourth-order valence-electron chi connectivity index (χ4n) is 3.51. The standard InChI is InChI=1S/C20H24N2O8P/c1-13(23)15-5-3-8-22(11-15)20-19(25)18(24)17(29-20)12-28-31(26)27-9-6-16(30-31)14-4-2-7-21-10-14/h2-5,7-8,10-11,16-20,24-25H,6,9,12H2,1H3/q+1/t16?,17?,18-,19-,20-,31?/m1/s1. The molecule has 3 unspecified atom stereocenters. The van der Waals surface area contributed by atoms with E-state index in [0.29, 0.717) is 12.0 Å². The third-order valence-electron chi connectivity index (χ3n) is 5.20. The molecule has 31 heavy (non-hydrogen) atoms. The van der Waals surface area contributed by atoms with Crippen LogP contribution in [0.4, 0.5) is 0 Å². The van der Waals surface area contributed by atoms with Crippen LogP contribution >= 0.6 is 7.82 Å². The van der Waals surface area contributed by atoms with Crippen LogP contribution in [0, 0.1) is 0 Å². The van der Waals surface area contributed by atoms with Gasteiger partial charge in [0.15, 0.2) is 24.3 Å². The molecular formula is C20H24N2O8P+. The number of nitrogens with zero attached hydrogens (tertiary/aromatic N) is 2. The highest BCUT2D eigenvalue weighted by atomic mass is 31.2. The number of ketones is 1. The maximum absolute atomic E-state index is 12.9. The van der Waals surface area contributed by atoms with Crippen molar-refractivity contribution in [3.05, 3.63) is 60.2 Å². The minimum absolute atomic E-state index is 0.143. The second kappa shape index (κ2) is 9.22. The van der Waals surface area contributed by atoms with E-state index in [1.807, 2.05) is 6.07 Å². The van der Waals surface area contributed by atoms with Crippen molar-refractivity contribution >= 4 is 13.6 Å². The van der Waals surface area contributed by atoms with Gasteiger partial charge in [-0.25, -0.2) is 4.57 Å². The Morgan fingerprint density at radius 1 is 1.32 bits per heavy atom. The number of carbonyl (C=O) groups is 1. The SMILES string of the molecule is CC(=O)c1ccc[n+]([C@@H]2OC(COP3(=O)OCCC(c4cccnc4)O3)[C@@H](O)[C@H]2O)c1. The maximum atomic E-state index is 12.9. The number of aliphatic hydroxyl groups is 2. The molecule has 2 aliphatic rings. The summed E-state index contributed by atoms with van der Waals surface area (Å²) < 4.78 is 36.3. The van der Waals surface area contributed by atoms with Gasteiger partial charge in [0.05, 0.1) is 24.9 Å². The Morgan fingerprint density at radius 3 is 2.90 bits per heavy atom. The molecule has 2 aliphatic heterocycles. The Hall–Kier alpha value is -2.04. The van der Waals surface area contributed by atoms with Gasteiger partial charge in [-0.15, -0.1) is 0 Å². The number of phosphoric acid groups is 1. The molecule has 2 N–H and O–H groups in total. The number of ether oxygens (including phenoxy) is 1. The van der Waals surface area contributed by atoms with Crippen LogP contribution in [0.3, 0.4) is 0 Å². The summed E-state index contributed by atoms with van der Waals surface area (Å²) in [7, 11) is -3.90. The average molecular weight is 451 g/mol. The van der Waals surface area contributed by atoms with Crippen molar-refractivity contribution in [2.24, 2.45) is 0 Å². The maximum Gasteiger partial charge on any atom is 0.475 e. The fraction of sp³-hybridized carbons (Fsp3) is 0.450. The van der Waals surface area contributed by atoms with Crippen molar-refractivity contribution < 1.29 is 42.4 Å². The van der Waals surface area contributed by atoms with E-state index >= 15 is 0 Å². The molecule has 4 rings (SSSR count). The van der Waals surface area contributed by atoms with Crippen molar-refractivity contribution in [1.29, 1.82) is 0 Å². The number of hydrogen-bond donors (Lipinski definition) is 2. The zero-order valence-corrected chi connectivity index (χ0v) is 17.7. The Kier molecular flexibility index (Phi) is 6.59. The van der Waals surface area contributed by atoms with E-state index in [0.717, 1.165) is 5.56 Å². The van der Waals surface area contributed by atoms with Crippen molar-refractivity contribution in [1.82, 2.24) is 4.98 Å². The Bertz CT molecular complexity index is 975. The molecule has 10 nitrogen and oxygen atoms in total. The lowest BCUT2D eigenvalue weighted by Crippen LogP contribution is -2.46. The number of Topliss-reactive ketones (excluding diaryl/α,β-unsaturated/α-hetero) is 1. The normalized spacial score (nSPS) is 33.3. The molecule has 2 fully saturated rings. The largest absolute Gasteiger partial charge is 0.475 e. The van der Waals surface area contributed by atoms with Crippen LogP contribution in [-0.4, -0.2) is 52.5 Å². The third-order valence-corrected chi connectivity index (χ3v) is 6.68. The lowest BCUT2D eigenvalue weighted by atomic mass is 10.1. The van der Waals surface area contributed by atoms with Crippen LogP contribution in [0.15, 0.2) is 49.1 Å². The summed E-state index contributed by atoms with van der Waals surface area (Å²) in [6.07, 6.45) is 1.88. The highest BCUT2D eigenvalue weighted by Gasteiger charge is 2.49. The number of hydrogen-bond acceptors (Lipinski definition) is 9. The minimum Gasteiger partial charge on any atom is -0.387 e. The molecule has 0 amide bonds. The second-order valence-corrected chi connectivity index (χ2v) is 9.01. The molecule has 0 aliphatic carbocycles. The lowest BCUT2D eigenvalue weighted by Gasteiger charge is -2.29. The molecule has 2 saturated heterocycles. The van der Waals surface area contributed by atoms with Crippen molar-refractivity contribution in [2.75, 3.05) is 13.2 Å². The van der Waals surface area contributed by atoms with Gasteiger partial charge < -0.3 is 14.9 Å². The lowest BCUT2D eigenvalue weighted by molar-refractivity contribution is -0.765. The van der Waals surface area contributed by atoms with Gasteiger partial charge in [0.2, 0.25) is 0 Å². The number of aromatic nitrogens is 2. The number of aliphatic hydroxyl groups excluding tert-OH is 2. The first-order valence-corrected chi connectivity index (χ1v) is 11.3. The predicted molar refractivity (Wildman–Crippen MR) is 105 cm³/mol. The third kappa shape index (κ3) is 4.91. The average Bonchev–Trinajstić information content (AvgIpc) is 3.07. The summed E-state index contributed by atoms with van der Waals surface area (Å²) in [5.41, 5.74) is 1.19. The molecule has 0 spiro atoms. The molecule has 166 valence electrons. The molecule has 6 atom stereocenters. The van der Waals surface area contributed by atoms with Crippen molar-refractivity contribution in [2.45, 2.75) is 44.0 Å². The number of phosphoric ester groups is 1. The zero-order valence-electron chi connectivity index (χ0n) is 16.8. The minimum atomic E-state index is -3.90. The van der Waals surface area contributed by atoms with E-state index in [-0.39, 0.29) is 19.0 Å². The Morgan fingerprint density at radius 2 is 2.16 bits per heavy atom. The Labute approximate surface area is 179 Å². The van der Waals surface area contributed by atoms with Crippen LogP contribution in [0.25, 0.3) is 0 Å². The van der Waals surface area contributed by atoms with Gasteiger partial charge in [0.25, 0.3) is 6.23 Å². The quantitative estimate of drug-likeness (QED) is 0.381. The molecule has 0 bridgehead atoms. The van der Waals surface area contributed by atoms with Gasteiger partial charge in [0.1, 0.15) is 12.2 Å². The van der Waals surface area contributed by atoms with Gasteiger partial charge in [-0.2, -0.15) is 4.57 Å². The first-order valence-electron chi connectivity index (χ1n) is 9.87. The van der Waals surface area contributed by atoms with Gasteiger partial charge in [-0.1, -0.05) is 6.07 Å². The van der Waals surface area contributed by atoms with E-state index in [1.54, 1.807) is 36.8 Å². The summed E-state index contributed by atoms with van der Waals surface area (Å²) in [6, 6.07) is 6.84. The topological polar surface area (TPSA) is 128 Å². The molecule has 2 aromatic heterocycles. The highest BCUT2D eigenvalue weighted by molar-refractivity contribution is 7.48. The van der Waals surface area contributed by atoms with Crippen LogP contribution in [0.2, 0.25) is 0 Å². The van der Waals surface area contributed by atoms with E-state index in [1.165, 1.54) is 17.7 Å². The molecular weight excluding hydrogens is 427 g/mol. The zero-order chi connectivity index (χ0) is 22.0. The smallest absolute Gasteiger partial charge is 0.387 e. The summed E-state index contributed by atoms with van der Waals surface area (Å²) in [5, 5.41) is 20.8. The summed E-state index contributed by atoms with van der Waals surface area (Å²) in [4.78, 5) is 15.6. The van der Waals surface area contributed by atoms with Gasteiger partial charge in [0, 0.05) is 24.9 Å². The molecule has 4 heterocycles. The van der Waals surface area contributed by atoms with Crippen LogP contribution in [-0.2, 0) is 22.9 Å². The van der Waals surface area contributed by atoms with E-state index in [4.69, 9.17) is 18.3 Å². The van der Waals surface area contributed by atoms with Crippen molar-refractivity contribution in [3.63, 3.8) is 0 Å². The summed E-state index contributed by atoms with van der Waals surface area (Å²) >= 11 is 0. The summed E-state index contributed by atoms with van der Waals surface area (Å²) in [6.45, 7) is 1.28. The van der Waals surface area contributed by atoms with Crippen molar-refractivity contribution in [3.8, 4) is 0 Å².